The number of carboxylic acid groups (broad SMARTS) is 1. The fourth-order valence-corrected chi connectivity index (χ4v) is 6.42. The Bertz CT molecular complexity index is 1770. The molecule has 6 rings (SSSR count). The van der Waals surface area contributed by atoms with Gasteiger partial charge in [0.1, 0.15) is 35.0 Å². The summed E-state index contributed by atoms with van der Waals surface area (Å²) in [5, 5.41) is 12.1. The van der Waals surface area contributed by atoms with Gasteiger partial charge in [-0.05, 0) is 25.1 Å². The predicted molar refractivity (Wildman–Crippen MR) is 153 cm³/mol. The van der Waals surface area contributed by atoms with Crippen LogP contribution in [0.3, 0.4) is 0 Å². The molecule has 0 spiro atoms. The molecule has 13 nitrogen and oxygen atoms in total. The van der Waals surface area contributed by atoms with E-state index in [2.05, 4.69) is 5.32 Å². The van der Waals surface area contributed by atoms with Crippen LogP contribution in [0.25, 0.3) is 10.9 Å². The number of amides is 2. The van der Waals surface area contributed by atoms with Crippen LogP contribution in [0.15, 0.2) is 64.7 Å². The van der Waals surface area contributed by atoms with E-state index >= 15 is 0 Å². The first kappa shape index (κ1) is 31.4. The molecule has 3 aromatic rings. The largest absolute Gasteiger partial charge is 1.00 e. The molecule has 2 amide bonds. The summed E-state index contributed by atoms with van der Waals surface area (Å²) in [5.41, 5.74) is -0.366. The van der Waals surface area contributed by atoms with E-state index in [1.54, 1.807) is 41.0 Å². The maximum Gasteiger partial charge on any atom is 1.00 e. The van der Waals surface area contributed by atoms with Crippen molar-refractivity contribution in [2.75, 3.05) is 25.8 Å². The van der Waals surface area contributed by atoms with Crippen LogP contribution in [0.2, 0.25) is 0 Å². The smallest absolute Gasteiger partial charge is 1.00 e. The Hall–Kier alpha value is -3.98. The molecule has 0 aliphatic carbocycles. The van der Waals surface area contributed by atoms with E-state index in [0.717, 1.165) is 4.90 Å². The number of hydrogen-bond donors (Lipinski definition) is 2. The molecular formula is C29H26N3NaO10S. The van der Waals surface area contributed by atoms with Crippen LogP contribution < -0.4 is 54.5 Å². The van der Waals surface area contributed by atoms with Gasteiger partial charge in [0.25, 0.3) is 11.8 Å². The Kier molecular flexibility index (Phi) is 9.25. The standard InChI is InChI=1S/C29H25N3O10S.Na.H/c1-2-31-10-18(25(34)17-8-20-21(9-19(17)31)42-14-41-20)29(38)40-11-15-13-43-27-23(26(35)32(27)24(15)28(36)37)30-22(33)12-39-16-6-4-3-5-7-16;;/h3-10,23,27H,2,11-14H2,1H3,(H,30,33)(H,36,37);;/q;+1;-1/t23?,27-;;/m1../s1. The number of nitrogens with one attached hydrogen (secondary N) is 1. The molecule has 0 saturated carbocycles. The van der Waals surface area contributed by atoms with Gasteiger partial charge in [0.15, 0.2) is 18.1 Å². The Morgan fingerprint density at radius 2 is 1.86 bits per heavy atom. The number of rotatable bonds is 9. The zero-order valence-electron chi connectivity index (χ0n) is 24.7. The number of carbonyl (C=O) groups excluding carboxylic acids is 3. The number of pyridine rings is 1. The number of thioether (sulfide) groups is 1. The van der Waals surface area contributed by atoms with Crippen LogP contribution in [-0.2, 0) is 25.7 Å². The van der Waals surface area contributed by atoms with Gasteiger partial charge >= 0.3 is 41.5 Å². The summed E-state index contributed by atoms with van der Waals surface area (Å²) in [6.45, 7) is 1.55. The Balaban J connectivity index is 0.00000230. The molecule has 44 heavy (non-hydrogen) atoms. The van der Waals surface area contributed by atoms with Gasteiger partial charge in [-0.15, -0.1) is 11.8 Å². The van der Waals surface area contributed by atoms with Gasteiger partial charge < -0.3 is 35.4 Å². The summed E-state index contributed by atoms with van der Waals surface area (Å²) in [7, 11) is 0. The first-order valence-electron chi connectivity index (χ1n) is 13.3. The fourth-order valence-electron chi connectivity index (χ4n) is 5.09. The first-order chi connectivity index (χ1) is 20.8. The number of fused-ring (bicyclic) bond motifs is 3. The second-order valence-electron chi connectivity index (χ2n) is 9.77. The molecule has 2 atom stereocenters. The van der Waals surface area contributed by atoms with Gasteiger partial charge in [-0.25, -0.2) is 9.59 Å². The molecule has 4 heterocycles. The number of carbonyl (C=O) groups is 4. The summed E-state index contributed by atoms with van der Waals surface area (Å²) in [6, 6.07) is 11.0. The molecule has 2 N–H and O–H groups in total. The van der Waals surface area contributed by atoms with Gasteiger partial charge in [-0.1, -0.05) is 18.2 Å². The van der Waals surface area contributed by atoms with Gasteiger partial charge in [-0.3, -0.25) is 19.3 Å². The molecule has 0 radical (unpaired) electrons. The monoisotopic (exact) mass is 631 g/mol. The molecule has 3 aliphatic heterocycles. The minimum atomic E-state index is -1.38. The summed E-state index contributed by atoms with van der Waals surface area (Å²) in [6.07, 6.45) is 1.39. The maximum absolute atomic E-state index is 13.2. The van der Waals surface area contributed by atoms with Gasteiger partial charge in [0.05, 0.1) is 10.9 Å². The number of nitrogens with zero attached hydrogens (tertiary/aromatic N) is 2. The van der Waals surface area contributed by atoms with E-state index in [-0.39, 0.29) is 72.4 Å². The van der Waals surface area contributed by atoms with Gasteiger partial charge in [0.2, 0.25) is 12.2 Å². The van der Waals surface area contributed by atoms with Crippen molar-refractivity contribution in [3.05, 3.63) is 75.7 Å². The average molecular weight is 632 g/mol. The molecule has 0 bridgehead atoms. The summed E-state index contributed by atoms with van der Waals surface area (Å²) in [5.74, 6) is -1.95. The topological polar surface area (TPSA) is 163 Å². The van der Waals surface area contributed by atoms with Crippen LogP contribution in [0.4, 0.5) is 0 Å². The number of hydrogen-bond acceptors (Lipinski definition) is 10. The maximum atomic E-state index is 13.2. The summed E-state index contributed by atoms with van der Waals surface area (Å²) >= 11 is 1.23. The van der Waals surface area contributed by atoms with Crippen molar-refractivity contribution in [3.63, 3.8) is 0 Å². The van der Waals surface area contributed by atoms with Crippen molar-refractivity contribution >= 4 is 46.4 Å². The Labute approximate surface area is 277 Å². The van der Waals surface area contributed by atoms with E-state index in [9.17, 15) is 29.1 Å². The third-order valence-electron chi connectivity index (χ3n) is 7.19. The number of aliphatic carboxylic acids is 1. The number of aromatic nitrogens is 1. The summed E-state index contributed by atoms with van der Waals surface area (Å²) in [4.78, 5) is 64.9. The molecule has 2 aromatic carbocycles. The SMILES string of the molecule is CCn1cc(C(=O)OCC2=C(C(=O)O)N3C(=O)C(NC(=O)COc4ccccc4)[C@H]3SC2)c(=O)c2cc3c(cc21)OCO3.[H-].[Na+]. The molecule has 1 saturated heterocycles. The van der Waals surface area contributed by atoms with E-state index in [1.807, 2.05) is 6.92 Å². The summed E-state index contributed by atoms with van der Waals surface area (Å²) < 4.78 is 23.3. The van der Waals surface area contributed by atoms with Crippen LogP contribution >= 0.6 is 11.8 Å². The molecule has 15 heteroatoms. The normalized spacial score (nSPS) is 18.2. The number of para-hydroxylation sites is 1. The van der Waals surface area contributed by atoms with E-state index in [4.69, 9.17) is 18.9 Å². The zero-order valence-corrected chi connectivity index (χ0v) is 26.5. The number of aryl methyl sites for hydroxylation is 1. The first-order valence-corrected chi connectivity index (χ1v) is 14.3. The average Bonchev–Trinajstić information content (AvgIpc) is 3.48. The predicted octanol–water partition coefficient (Wildman–Crippen LogP) is -1.16. The molecule has 1 aromatic heterocycles. The molecular weight excluding hydrogens is 605 g/mol. The minimum absolute atomic E-state index is 0. The van der Waals surface area contributed by atoms with E-state index in [1.165, 1.54) is 24.0 Å². The Morgan fingerprint density at radius 1 is 1.14 bits per heavy atom. The van der Waals surface area contributed by atoms with Crippen molar-refractivity contribution < 1.29 is 74.2 Å². The van der Waals surface area contributed by atoms with Gasteiger partial charge in [-0.2, -0.15) is 0 Å². The third kappa shape index (κ3) is 5.77. The van der Waals surface area contributed by atoms with Crippen molar-refractivity contribution in [3.8, 4) is 17.2 Å². The second kappa shape index (κ2) is 12.9. The van der Waals surface area contributed by atoms with E-state index < -0.39 is 47.2 Å². The van der Waals surface area contributed by atoms with Crippen LogP contribution in [0, 0.1) is 0 Å². The van der Waals surface area contributed by atoms with Crippen LogP contribution in [-0.4, -0.2) is 75.5 Å². The van der Waals surface area contributed by atoms with E-state index in [0.29, 0.717) is 29.3 Å². The molecule has 1 unspecified atom stereocenters. The number of esters is 1. The minimum Gasteiger partial charge on any atom is -1.00 e. The van der Waals surface area contributed by atoms with Crippen molar-refractivity contribution in [2.45, 2.75) is 24.9 Å². The molecule has 3 aliphatic rings. The quantitative estimate of drug-likeness (QED) is 0.167. The van der Waals surface area contributed by atoms with Crippen LogP contribution in [0.1, 0.15) is 18.7 Å². The Morgan fingerprint density at radius 3 is 2.57 bits per heavy atom. The third-order valence-corrected chi connectivity index (χ3v) is 8.53. The van der Waals surface area contributed by atoms with Crippen LogP contribution in [0.5, 0.6) is 17.2 Å². The van der Waals surface area contributed by atoms with Crippen molar-refractivity contribution in [1.82, 2.24) is 14.8 Å². The molecule has 1 fully saturated rings. The number of carboxylic acids is 1. The van der Waals surface area contributed by atoms with Crippen molar-refractivity contribution in [2.24, 2.45) is 0 Å². The van der Waals surface area contributed by atoms with Crippen molar-refractivity contribution in [1.29, 1.82) is 0 Å². The second-order valence-corrected chi connectivity index (χ2v) is 10.9. The molecule has 224 valence electrons. The number of β-lactam (4-membered cyclic amide) rings is 1. The fraction of sp³-hybridized carbons (Fsp3) is 0.276. The zero-order chi connectivity index (χ0) is 30.2. The number of benzene rings is 2. The van der Waals surface area contributed by atoms with Gasteiger partial charge in [0, 0.05) is 30.1 Å². The number of ether oxygens (including phenoxy) is 4.